The first-order valence-corrected chi connectivity index (χ1v) is 7.93. The molecule has 0 aliphatic carbocycles. The average Bonchev–Trinajstić information content (AvgIpc) is 2.54. The van der Waals surface area contributed by atoms with Crippen LogP contribution in [0, 0.1) is 0 Å². The highest BCUT2D eigenvalue weighted by Crippen LogP contribution is 2.28. The minimum atomic E-state index is 0.514. The topological polar surface area (TPSA) is 39.7 Å². The van der Waals surface area contributed by atoms with E-state index in [0.29, 0.717) is 25.9 Å². The van der Waals surface area contributed by atoms with Gasteiger partial charge in [0.2, 0.25) is 0 Å². The molecule has 124 valence electrons. The van der Waals surface area contributed by atoms with Crippen LogP contribution in [0.1, 0.15) is 25.8 Å². The molecule has 0 aliphatic heterocycles. The van der Waals surface area contributed by atoms with Gasteiger partial charge in [-0.3, -0.25) is 0 Å². The summed E-state index contributed by atoms with van der Waals surface area (Å²) in [6.07, 6.45) is 3.82. The lowest BCUT2D eigenvalue weighted by atomic mass is 10.1. The molecule has 0 bridgehead atoms. The fourth-order valence-electron chi connectivity index (χ4n) is 1.96. The van der Waals surface area contributed by atoms with Crippen molar-refractivity contribution in [1.29, 1.82) is 0 Å². The number of benzene rings is 1. The van der Waals surface area contributed by atoms with Crippen molar-refractivity contribution in [3.05, 3.63) is 36.4 Å². The van der Waals surface area contributed by atoms with Crippen molar-refractivity contribution in [2.75, 3.05) is 33.5 Å². The van der Waals surface area contributed by atoms with Crippen LogP contribution in [-0.4, -0.2) is 39.5 Å². The lowest BCUT2D eigenvalue weighted by molar-refractivity contribution is 0.0994. The molecule has 0 heterocycles. The molecule has 22 heavy (non-hydrogen) atoms. The van der Waals surface area contributed by atoms with Crippen molar-refractivity contribution in [2.24, 2.45) is 0 Å². The smallest absolute Gasteiger partial charge is 0.161 e. The largest absolute Gasteiger partial charge is 0.493 e. The standard InChI is InChI=1S/C18H29NO3/c1-5-7-16-8-9-17(18(14-16)20-4)22-13-12-21-11-10-19-15(3)6-2/h5,8-9,14-15,19H,1,6-7,10-13H2,2-4H3. The molecule has 0 amide bonds. The van der Waals surface area contributed by atoms with E-state index in [0.717, 1.165) is 36.4 Å². The van der Waals surface area contributed by atoms with Gasteiger partial charge in [0.15, 0.2) is 11.5 Å². The summed E-state index contributed by atoms with van der Waals surface area (Å²) in [5.74, 6) is 1.49. The first kappa shape index (κ1) is 18.5. The molecule has 1 aromatic carbocycles. The number of hydrogen-bond donors (Lipinski definition) is 1. The van der Waals surface area contributed by atoms with Crippen LogP contribution in [0.2, 0.25) is 0 Å². The minimum Gasteiger partial charge on any atom is -0.493 e. The number of nitrogens with one attached hydrogen (secondary N) is 1. The molecule has 0 aliphatic rings. The van der Waals surface area contributed by atoms with Gasteiger partial charge in [0.05, 0.1) is 20.3 Å². The summed E-state index contributed by atoms with van der Waals surface area (Å²) >= 11 is 0. The van der Waals surface area contributed by atoms with Gasteiger partial charge in [-0.25, -0.2) is 0 Å². The first-order valence-electron chi connectivity index (χ1n) is 7.93. The fourth-order valence-corrected chi connectivity index (χ4v) is 1.96. The molecule has 0 saturated heterocycles. The van der Waals surface area contributed by atoms with E-state index in [4.69, 9.17) is 14.2 Å². The summed E-state index contributed by atoms with van der Waals surface area (Å²) in [6.45, 7) is 10.7. The monoisotopic (exact) mass is 307 g/mol. The van der Waals surface area contributed by atoms with Crippen molar-refractivity contribution >= 4 is 0 Å². The second-order valence-electron chi connectivity index (χ2n) is 5.20. The molecule has 1 atom stereocenters. The molecular weight excluding hydrogens is 278 g/mol. The summed E-state index contributed by atoms with van der Waals surface area (Å²) < 4.78 is 16.6. The Bertz CT molecular complexity index is 434. The molecule has 1 rings (SSSR count). The maximum Gasteiger partial charge on any atom is 0.161 e. The zero-order valence-electron chi connectivity index (χ0n) is 14.1. The molecule has 4 nitrogen and oxygen atoms in total. The molecule has 0 aromatic heterocycles. The Labute approximate surface area is 134 Å². The number of methoxy groups -OCH3 is 1. The van der Waals surface area contributed by atoms with Crippen LogP contribution < -0.4 is 14.8 Å². The maximum absolute atomic E-state index is 5.71. The average molecular weight is 307 g/mol. The van der Waals surface area contributed by atoms with Crippen LogP contribution >= 0.6 is 0 Å². The molecule has 0 saturated carbocycles. The Kier molecular flexibility index (Phi) is 9.35. The van der Waals surface area contributed by atoms with Crippen molar-refractivity contribution < 1.29 is 14.2 Å². The van der Waals surface area contributed by atoms with Crippen LogP contribution in [0.5, 0.6) is 11.5 Å². The van der Waals surface area contributed by atoms with Crippen molar-refractivity contribution in [3.8, 4) is 11.5 Å². The van der Waals surface area contributed by atoms with E-state index in [1.54, 1.807) is 7.11 Å². The lowest BCUT2D eigenvalue weighted by Crippen LogP contribution is -2.29. The molecule has 0 radical (unpaired) electrons. The van der Waals surface area contributed by atoms with Gasteiger partial charge in [0, 0.05) is 12.6 Å². The van der Waals surface area contributed by atoms with Crippen LogP contribution in [0.3, 0.4) is 0 Å². The predicted octanol–water partition coefficient (Wildman–Crippen LogP) is 3.21. The third-order valence-electron chi connectivity index (χ3n) is 3.44. The highest BCUT2D eigenvalue weighted by Gasteiger charge is 2.05. The second-order valence-corrected chi connectivity index (χ2v) is 5.20. The second kappa shape index (κ2) is 11.1. The van der Waals surface area contributed by atoms with E-state index >= 15 is 0 Å². The number of allylic oxidation sites excluding steroid dienone is 1. The van der Waals surface area contributed by atoms with Gasteiger partial charge in [0.1, 0.15) is 6.61 Å². The zero-order valence-corrected chi connectivity index (χ0v) is 14.1. The highest BCUT2D eigenvalue weighted by molar-refractivity contribution is 5.43. The summed E-state index contributed by atoms with van der Waals surface area (Å²) in [4.78, 5) is 0. The minimum absolute atomic E-state index is 0.514. The van der Waals surface area contributed by atoms with Crippen molar-refractivity contribution in [1.82, 2.24) is 5.32 Å². The normalized spacial score (nSPS) is 12.0. The number of rotatable bonds is 12. The molecule has 1 N–H and O–H groups in total. The van der Waals surface area contributed by atoms with Crippen LogP contribution in [0.4, 0.5) is 0 Å². The molecule has 0 fully saturated rings. The number of ether oxygens (including phenoxy) is 3. The van der Waals surface area contributed by atoms with Gasteiger partial charge in [-0.15, -0.1) is 6.58 Å². The summed E-state index contributed by atoms with van der Waals surface area (Å²) in [6, 6.07) is 6.48. The predicted molar refractivity (Wildman–Crippen MR) is 91.0 cm³/mol. The van der Waals surface area contributed by atoms with Gasteiger partial charge in [-0.1, -0.05) is 19.1 Å². The maximum atomic E-state index is 5.71. The van der Waals surface area contributed by atoms with Gasteiger partial charge >= 0.3 is 0 Å². The van der Waals surface area contributed by atoms with Gasteiger partial charge < -0.3 is 19.5 Å². The van der Waals surface area contributed by atoms with E-state index in [2.05, 4.69) is 25.7 Å². The summed E-state index contributed by atoms with van der Waals surface area (Å²) in [5, 5.41) is 3.38. The van der Waals surface area contributed by atoms with E-state index in [1.165, 1.54) is 0 Å². The molecule has 0 spiro atoms. The van der Waals surface area contributed by atoms with Crippen molar-refractivity contribution in [2.45, 2.75) is 32.7 Å². The third kappa shape index (κ3) is 6.96. The Morgan fingerprint density at radius 2 is 2.05 bits per heavy atom. The van der Waals surface area contributed by atoms with Crippen LogP contribution in [0.15, 0.2) is 30.9 Å². The molecule has 1 unspecified atom stereocenters. The van der Waals surface area contributed by atoms with E-state index in [-0.39, 0.29) is 0 Å². The SMILES string of the molecule is C=CCc1ccc(OCCOCCNC(C)CC)c(OC)c1. The Morgan fingerprint density at radius 1 is 1.23 bits per heavy atom. The molecule has 1 aromatic rings. The lowest BCUT2D eigenvalue weighted by Gasteiger charge is -2.13. The summed E-state index contributed by atoms with van der Waals surface area (Å²) in [7, 11) is 1.65. The first-order chi connectivity index (χ1) is 10.7. The fraction of sp³-hybridized carbons (Fsp3) is 0.556. The third-order valence-corrected chi connectivity index (χ3v) is 3.44. The van der Waals surface area contributed by atoms with E-state index < -0.39 is 0 Å². The van der Waals surface area contributed by atoms with Crippen molar-refractivity contribution in [3.63, 3.8) is 0 Å². The van der Waals surface area contributed by atoms with E-state index in [9.17, 15) is 0 Å². The number of hydrogen-bond acceptors (Lipinski definition) is 4. The van der Waals surface area contributed by atoms with Gasteiger partial charge in [0.25, 0.3) is 0 Å². The zero-order chi connectivity index (χ0) is 16.2. The molecular formula is C18H29NO3. The van der Waals surface area contributed by atoms with Crippen LogP contribution in [0.25, 0.3) is 0 Å². The Hall–Kier alpha value is -1.52. The van der Waals surface area contributed by atoms with Gasteiger partial charge in [-0.2, -0.15) is 0 Å². The Morgan fingerprint density at radius 3 is 2.73 bits per heavy atom. The molecule has 4 heteroatoms. The quantitative estimate of drug-likeness (QED) is 0.475. The summed E-state index contributed by atoms with van der Waals surface area (Å²) in [5.41, 5.74) is 1.16. The Balaban J connectivity index is 2.25. The van der Waals surface area contributed by atoms with E-state index in [1.807, 2.05) is 24.3 Å². The highest BCUT2D eigenvalue weighted by atomic mass is 16.5. The van der Waals surface area contributed by atoms with Crippen LogP contribution in [-0.2, 0) is 11.2 Å². The van der Waals surface area contributed by atoms with Gasteiger partial charge in [-0.05, 0) is 37.5 Å².